The van der Waals surface area contributed by atoms with E-state index in [-0.39, 0.29) is 5.00 Å². The van der Waals surface area contributed by atoms with Crippen molar-refractivity contribution in [1.82, 2.24) is 15.0 Å². The van der Waals surface area contributed by atoms with Gasteiger partial charge in [0.2, 0.25) is 0 Å². The van der Waals surface area contributed by atoms with E-state index in [9.17, 15) is 10.1 Å². The highest BCUT2D eigenvalue weighted by molar-refractivity contribution is 7.13. The molecule has 2 aromatic heterocycles. The largest absolute Gasteiger partial charge is 0.349 e. The molecule has 84 valence electrons. The van der Waals surface area contributed by atoms with Crippen molar-refractivity contribution in [2.24, 2.45) is 0 Å². The Morgan fingerprint density at radius 2 is 2.12 bits per heavy atom. The fourth-order valence-electron chi connectivity index (χ4n) is 1.64. The first-order chi connectivity index (χ1) is 8.27. The van der Waals surface area contributed by atoms with Crippen molar-refractivity contribution in [3.05, 3.63) is 45.8 Å². The summed E-state index contributed by atoms with van der Waals surface area (Å²) in [5, 5.41) is 20.5. The minimum Gasteiger partial charge on any atom is -0.257 e. The van der Waals surface area contributed by atoms with Crippen molar-refractivity contribution >= 4 is 27.4 Å². The van der Waals surface area contributed by atoms with E-state index in [1.165, 1.54) is 4.68 Å². The number of nitrogens with zero attached hydrogens (tertiary/aromatic N) is 4. The quantitative estimate of drug-likeness (QED) is 0.514. The summed E-state index contributed by atoms with van der Waals surface area (Å²) in [6.07, 6.45) is 0. The third-order valence-corrected chi connectivity index (χ3v) is 3.22. The van der Waals surface area contributed by atoms with Crippen LogP contribution in [-0.2, 0) is 0 Å². The van der Waals surface area contributed by atoms with Crippen LogP contribution >= 0.6 is 11.3 Å². The molecule has 0 atom stereocenters. The van der Waals surface area contributed by atoms with Gasteiger partial charge in [-0.25, -0.2) is 4.68 Å². The lowest BCUT2D eigenvalue weighted by molar-refractivity contribution is -0.379. The van der Waals surface area contributed by atoms with Crippen LogP contribution in [0.4, 0.5) is 5.00 Å². The highest BCUT2D eigenvalue weighted by Gasteiger charge is 2.19. The van der Waals surface area contributed by atoms with Gasteiger partial charge in [-0.1, -0.05) is 28.7 Å². The summed E-state index contributed by atoms with van der Waals surface area (Å²) in [7, 11) is 0. The number of fused-ring (bicyclic) bond motifs is 1. The number of benzene rings is 1. The molecule has 0 aliphatic carbocycles. The van der Waals surface area contributed by atoms with E-state index in [4.69, 9.17) is 0 Å². The molecule has 1 aromatic carbocycles. The molecule has 0 bridgehead atoms. The summed E-state index contributed by atoms with van der Waals surface area (Å²) in [5.74, 6) is 0. The first kappa shape index (κ1) is 9.91. The maximum Gasteiger partial charge on any atom is 0.349 e. The summed E-state index contributed by atoms with van der Waals surface area (Å²) < 4.78 is 1.49. The van der Waals surface area contributed by atoms with Gasteiger partial charge in [0.05, 0.1) is 10.4 Å². The van der Waals surface area contributed by atoms with Crippen molar-refractivity contribution in [2.75, 3.05) is 0 Å². The lowest BCUT2D eigenvalue weighted by Crippen LogP contribution is -1.98. The first-order valence-corrected chi connectivity index (χ1v) is 5.68. The van der Waals surface area contributed by atoms with Gasteiger partial charge in [0.1, 0.15) is 5.52 Å². The molecule has 3 aromatic rings. The van der Waals surface area contributed by atoms with Crippen LogP contribution in [0.15, 0.2) is 35.7 Å². The molecule has 0 spiro atoms. The Kier molecular flexibility index (Phi) is 2.12. The zero-order chi connectivity index (χ0) is 11.8. The fourth-order valence-corrected chi connectivity index (χ4v) is 2.33. The zero-order valence-electron chi connectivity index (χ0n) is 8.48. The standard InChI is InChI=1S/C10H6N4O2S/c15-14(16)10-9(5-6-17-10)13-8-4-2-1-3-7(8)11-12-13/h1-6H. The maximum atomic E-state index is 10.9. The van der Waals surface area contributed by atoms with E-state index in [0.29, 0.717) is 11.2 Å². The van der Waals surface area contributed by atoms with Crippen LogP contribution < -0.4 is 0 Å². The van der Waals surface area contributed by atoms with Gasteiger partial charge in [0.15, 0.2) is 5.69 Å². The number of aromatic nitrogens is 3. The zero-order valence-corrected chi connectivity index (χ0v) is 9.29. The molecule has 0 saturated heterocycles. The minimum absolute atomic E-state index is 0.0700. The molecule has 6 nitrogen and oxygen atoms in total. The van der Waals surface area contributed by atoms with E-state index in [2.05, 4.69) is 10.3 Å². The lowest BCUT2D eigenvalue weighted by Gasteiger charge is -1.97. The Morgan fingerprint density at radius 3 is 2.94 bits per heavy atom. The van der Waals surface area contributed by atoms with Gasteiger partial charge in [-0.3, -0.25) is 10.1 Å². The number of rotatable bonds is 2. The predicted molar refractivity (Wildman–Crippen MR) is 63.4 cm³/mol. The Bertz CT molecular complexity index is 703. The van der Waals surface area contributed by atoms with Crippen LogP contribution in [0.5, 0.6) is 0 Å². The fraction of sp³-hybridized carbons (Fsp3) is 0. The van der Waals surface area contributed by atoms with Crippen molar-refractivity contribution in [3.8, 4) is 5.69 Å². The molecule has 0 amide bonds. The van der Waals surface area contributed by atoms with E-state index in [0.717, 1.165) is 16.9 Å². The molecule has 0 saturated carbocycles. The average molecular weight is 246 g/mol. The Balaban J connectivity index is 2.28. The molecule has 2 heterocycles. The van der Waals surface area contributed by atoms with Crippen molar-refractivity contribution in [1.29, 1.82) is 0 Å². The molecule has 0 unspecified atom stereocenters. The summed E-state index contributed by atoms with van der Waals surface area (Å²) >= 11 is 1.08. The number of hydrogen-bond acceptors (Lipinski definition) is 5. The number of nitro groups is 1. The number of para-hydroxylation sites is 1. The second kappa shape index (κ2) is 3.63. The average Bonchev–Trinajstić information content (AvgIpc) is 2.94. The van der Waals surface area contributed by atoms with Crippen LogP contribution in [0.3, 0.4) is 0 Å². The van der Waals surface area contributed by atoms with Gasteiger partial charge >= 0.3 is 5.00 Å². The van der Waals surface area contributed by atoms with E-state index >= 15 is 0 Å². The molecular formula is C10H6N4O2S. The number of thiophene rings is 1. The molecule has 0 N–H and O–H groups in total. The lowest BCUT2D eigenvalue weighted by atomic mass is 10.3. The second-order valence-corrected chi connectivity index (χ2v) is 4.25. The van der Waals surface area contributed by atoms with E-state index in [1.807, 2.05) is 24.3 Å². The molecule has 17 heavy (non-hydrogen) atoms. The Hall–Kier alpha value is -2.28. The van der Waals surface area contributed by atoms with Crippen LogP contribution in [0.25, 0.3) is 16.7 Å². The summed E-state index contributed by atoms with van der Waals surface area (Å²) in [4.78, 5) is 10.5. The summed E-state index contributed by atoms with van der Waals surface area (Å²) in [6.45, 7) is 0. The minimum atomic E-state index is -0.406. The highest BCUT2D eigenvalue weighted by atomic mass is 32.1. The van der Waals surface area contributed by atoms with Gasteiger partial charge in [-0.2, -0.15) is 0 Å². The second-order valence-electron chi connectivity index (χ2n) is 3.36. The predicted octanol–water partition coefficient (Wildman–Crippen LogP) is 2.39. The van der Waals surface area contributed by atoms with Gasteiger partial charge in [0, 0.05) is 0 Å². The Morgan fingerprint density at radius 1 is 1.29 bits per heavy atom. The molecular weight excluding hydrogens is 240 g/mol. The molecule has 0 radical (unpaired) electrons. The smallest absolute Gasteiger partial charge is 0.257 e. The monoisotopic (exact) mass is 246 g/mol. The van der Waals surface area contributed by atoms with Crippen LogP contribution in [0, 0.1) is 10.1 Å². The topological polar surface area (TPSA) is 73.8 Å². The molecule has 3 rings (SSSR count). The van der Waals surface area contributed by atoms with Crippen LogP contribution in [0.2, 0.25) is 0 Å². The highest BCUT2D eigenvalue weighted by Crippen LogP contribution is 2.30. The van der Waals surface area contributed by atoms with Gasteiger partial charge in [0.25, 0.3) is 0 Å². The molecule has 0 aliphatic heterocycles. The number of hydrogen-bond donors (Lipinski definition) is 0. The van der Waals surface area contributed by atoms with Crippen molar-refractivity contribution in [2.45, 2.75) is 0 Å². The Labute approximate surface area is 99.3 Å². The maximum absolute atomic E-state index is 10.9. The molecule has 0 fully saturated rings. The summed E-state index contributed by atoms with van der Waals surface area (Å²) in [5.41, 5.74) is 1.93. The van der Waals surface area contributed by atoms with E-state index in [1.54, 1.807) is 11.4 Å². The van der Waals surface area contributed by atoms with Gasteiger partial charge in [-0.15, -0.1) is 5.10 Å². The summed E-state index contributed by atoms with van der Waals surface area (Å²) in [6, 6.07) is 9.02. The van der Waals surface area contributed by atoms with Crippen LogP contribution in [-0.4, -0.2) is 19.9 Å². The normalized spacial score (nSPS) is 10.8. The molecule has 7 heteroatoms. The van der Waals surface area contributed by atoms with Gasteiger partial charge < -0.3 is 0 Å². The van der Waals surface area contributed by atoms with Crippen molar-refractivity contribution < 1.29 is 4.92 Å². The molecule has 0 aliphatic rings. The SMILES string of the molecule is O=[N+]([O-])c1sccc1-n1nnc2ccccc21. The van der Waals surface area contributed by atoms with Crippen molar-refractivity contribution in [3.63, 3.8) is 0 Å². The van der Waals surface area contributed by atoms with E-state index < -0.39 is 4.92 Å². The third kappa shape index (κ3) is 1.48. The first-order valence-electron chi connectivity index (χ1n) is 4.80. The third-order valence-electron chi connectivity index (χ3n) is 2.37. The van der Waals surface area contributed by atoms with Crippen LogP contribution in [0.1, 0.15) is 0 Å². The van der Waals surface area contributed by atoms with Gasteiger partial charge in [-0.05, 0) is 23.6 Å².